The van der Waals surface area contributed by atoms with Gasteiger partial charge in [0.05, 0.1) is 23.2 Å². The highest BCUT2D eigenvalue weighted by Gasteiger charge is 2.55. The van der Waals surface area contributed by atoms with Crippen LogP contribution in [0.5, 0.6) is 0 Å². The third-order valence-corrected chi connectivity index (χ3v) is 8.12. The standard InChI is InChI=1S/C25H33N3/c1-2-10-20(11-3-1)26-21-13-14-22-24(17-21)28-23-12-5-4-8-18(23)16-19-9-6-7-15-25(19,28)27-22/h13-14,17,19-20H,1-12,15-16H2. The number of allylic oxidation sites excluding steroid dienone is 5. The van der Waals surface area contributed by atoms with Crippen molar-refractivity contribution >= 4 is 11.4 Å². The smallest absolute Gasteiger partial charge is 0.139 e. The minimum Gasteiger partial charge on any atom is -0.318 e. The molecule has 6 aliphatic rings. The molecule has 2 unspecified atom stereocenters. The van der Waals surface area contributed by atoms with E-state index in [1.165, 1.54) is 107 Å². The van der Waals surface area contributed by atoms with Gasteiger partial charge in [0, 0.05) is 11.6 Å². The van der Waals surface area contributed by atoms with E-state index in [1.807, 2.05) is 0 Å². The molecule has 2 fully saturated rings. The molecule has 0 N–H and O–H groups in total. The van der Waals surface area contributed by atoms with Gasteiger partial charge in [0.2, 0.25) is 0 Å². The largest absolute Gasteiger partial charge is 0.318 e. The molecular formula is C25H33N3. The number of fused-ring (bicyclic) bond motifs is 3. The molecule has 0 aromatic rings. The van der Waals surface area contributed by atoms with E-state index in [4.69, 9.17) is 9.98 Å². The van der Waals surface area contributed by atoms with Crippen LogP contribution in [0, 0.1) is 5.92 Å². The van der Waals surface area contributed by atoms with Gasteiger partial charge in [-0.3, -0.25) is 9.98 Å². The third-order valence-electron chi connectivity index (χ3n) is 8.12. The second-order valence-corrected chi connectivity index (χ2v) is 9.82. The quantitative estimate of drug-likeness (QED) is 0.510. The number of aliphatic imine (C=N–C) groups is 2. The maximum atomic E-state index is 5.46. The van der Waals surface area contributed by atoms with Gasteiger partial charge in [0.25, 0.3) is 0 Å². The Morgan fingerprint density at radius 1 is 0.929 bits per heavy atom. The van der Waals surface area contributed by atoms with Gasteiger partial charge < -0.3 is 4.90 Å². The van der Waals surface area contributed by atoms with Crippen LogP contribution in [-0.4, -0.2) is 28.0 Å². The predicted octanol–water partition coefficient (Wildman–Crippen LogP) is 6.09. The van der Waals surface area contributed by atoms with Gasteiger partial charge in [-0.05, 0) is 82.4 Å². The highest BCUT2D eigenvalue weighted by molar-refractivity contribution is 6.22. The summed E-state index contributed by atoms with van der Waals surface area (Å²) in [6.07, 6.45) is 25.4. The minimum absolute atomic E-state index is 0.0280. The zero-order chi connectivity index (χ0) is 18.6. The fraction of sp³-hybridized carbons (Fsp3) is 0.680. The molecule has 1 spiro atoms. The molecule has 2 heterocycles. The number of nitrogens with zero attached hydrogens (tertiary/aromatic N) is 3. The van der Waals surface area contributed by atoms with Crippen LogP contribution in [0.4, 0.5) is 0 Å². The lowest BCUT2D eigenvalue weighted by molar-refractivity contribution is 0.0498. The van der Waals surface area contributed by atoms with Gasteiger partial charge in [-0.1, -0.05) is 31.3 Å². The van der Waals surface area contributed by atoms with Gasteiger partial charge in [-0.15, -0.1) is 0 Å². The van der Waals surface area contributed by atoms with Gasteiger partial charge in [0.15, 0.2) is 0 Å². The SMILES string of the molecule is C1=CC2=NC34CCCCC3CC3=C(CCCC3)N4C2=CC1=NC1CCCCC1. The van der Waals surface area contributed by atoms with Crippen LogP contribution in [0.2, 0.25) is 0 Å². The molecule has 0 aromatic heterocycles. The molecule has 0 bridgehead atoms. The Morgan fingerprint density at radius 2 is 1.79 bits per heavy atom. The number of hydrogen-bond donors (Lipinski definition) is 0. The maximum absolute atomic E-state index is 5.46. The van der Waals surface area contributed by atoms with Crippen LogP contribution in [0.25, 0.3) is 0 Å². The van der Waals surface area contributed by atoms with Gasteiger partial charge in [-0.25, -0.2) is 0 Å². The summed E-state index contributed by atoms with van der Waals surface area (Å²) in [6, 6.07) is 0.535. The Bertz CT molecular complexity index is 821. The molecule has 148 valence electrons. The van der Waals surface area contributed by atoms with E-state index in [0.29, 0.717) is 12.0 Å². The van der Waals surface area contributed by atoms with E-state index in [0.717, 1.165) is 0 Å². The highest BCUT2D eigenvalue weighted by atomic mass is 15.4. The van der Waals surface area contributed by atoms with E-state index >= 15 is 0 Å². The van der Waals surface area contributed by atoms with E-state index in [1.54, 1.807) is 11.3 Å². The van der Waals surface area contributed by atoms with Crippen molar-refractivity contribution < 1.29 is 0 Å². The maximum Gasteiger partial charge on any atom is 0.139 e. The molecule has 0 radical (unpaired) electrons. The summed E-state index contributed by atoms with van der Waals surface area (Å²) in [5, 5.41) is 0. The predicted molar refractivity (Wildman–Crippen MR) is 116 cm³/mol. The number of hydrogen-bond acceptors (Lipinski definition) is 3. The first-order valence-electron chi connectivity index (χ1n) is 11.9. The summed E-state index contributed by atoms with van der Waals surface area (Å²) in [6.45, 7) is 0. The average Bonchev–Trinajstić information content (AvgIpc) is 3.07. The summed E-state index contributed by atoms with van der Waals surface area (Å²) in [4.78, 5) is 13.4. The molecule has 2 aliphatic heterocycles. The van der Waals surface area contributed by atoms with Crippen molar-refractivity contribution in [3.63, 3.8) is 0 Å². The Labute approximate surface area is 169 Å². The molecule has 4 aliphatic carbocycles. The molecule has 28 heavy (non-hydrogen) atoms. The molecule has 0 amide bonds. The van der Waals surface area contributed by atoms with Crippen molar-refractivity contribution in [2.24, 2.45) is 15.9 Å². The normalized spacial score (nSPS) is 36.5. The van der Waals surface area contributed by atoms with Crippen molar-refractivity contribution in [1.29, 1.82) is 0 Å². The molecule has 0 saturated heterocycles. The molecule has 3 nitrogen and oxygen atoms in total. The van der Waals surface area contributed by atoms with E-state index in [9.17, 15) is 0 Å². The van der Waals surface area contributed by atoms with E-state index < -0.39 is 0 Å². The fourth-order valence-corrected chi connectivity index (χ4v) is 6.79. The van der Waals surface area contributed by atoms with Crippen LogP contribution >= 0.6 is 0 Å². The first-order chi connectivity index (χ1) is 13.8. The van der Waals surface area contributed by atoms with E-state index in [2.05, 4.69) is 23.1 Å². The summed E-state index contributed by atoms with van der Waals surface area (Å²) >= 11 is 0. The molecular weight excluding hydrogens is 342 g/mol. The van der Waals surface area contributed by atoms with Gasteiger partial charge in [0.1, 0.15) is 5.66 Å². The van der Waals surface area contributed by atoms with Crippen LogP contribution in [0.15, 0.2) is 45.2 Å². The van der Waals surface area contributed by atoms with Crippen molar-refractivity contribution in [1.82, 2.24) is 4.90 Å². The van der Waals surface area contributed by atoms with Crippen LogP contribution in [-0.2, 0) is 0 Å². The Balaban J connectivity index is 1.42. The second-order valence-electron chi connectivity index (χ2n) is 9.82. The third kappa shape index (κ3) is 2.61. The lowest BCUT2D eigenvalue weighted by Crippen LogP contribution is -2.53. The van der Waals surface area contributed by atoms with Gasteiger partial charge >= 0.3 is 0 Å². The van der Waals surface area contributed by atoms with Crippen LogP contribution in [0.1, 0.15) is 89.9 Å². The molecule has 6 rings (SSSR count). The lowest BCUT2D eigenvalue weighted by Gasteiger charge is -2.52. The molecule has 0 aromatic carbocycles. The van der Waals surface area contributed by atoms with Crippen molar-refractivity contribution in [2.45, 2.75) is 102 Å². The van der Waals surface area contributed by atoms with Crippen LogP contribution in [0.3, 0.4) is 0 Å². The Kier molecular flexibility index (Phi) is 4.13. The van der Waals surface area contributed by atoms with Crippen molar-refractivity contribution in [3.8, 4) is 0 Å². The topological polar surface area (TPSA) is 28.0 Å². The Morgan fingerprint density at radius 3 is 2.71 bits per heavy atom. The zero-order valence-electron chi connectivity index (χ0n) is 17.1. The average molecular weight is 376 g/mol. The summed E-state index contributed by atoms with van der Waals surface area (Å²) in [5.74, 6) is 0.712. The molecule has 3 heteroatoms. The van der Waals surface area contributed by atoms with Crippen molar-refractivity contribution in [2.75, 3.05) is 0 Å². The molecule has 2 atom stereocenters. The highest BCUT2D eigenvalue weighted by Crippen LogP contribution is 2.55. The fourth-order valence-electron chi connectivity index (χ4n) is 6.79. The Hall–Kier alpha value is -1.64. The number of rotatable bonds is 1. The summed E-state index contributed by atoms with van der Waals surface area (Å²) in [5.41, 5.74) is 7.22. The van der Waals surface area contributed by atoms with Crippen molar-refractivity contribution in [3.05, 3.63) is 35.2 Å². The zero-order valence-corrected chi connectivity index (χ0v) is 17.1. The molecule has 2 saturated carbocycles. The lowest BCUT2D eigenvalue weighted by atomic mass is 9.70. The van der Waals surface area contributed by atoms with E-state index in [-0.39, 0.29) is 5.66 Å². The van der Waals surface area contributed by atoms with Crippen LogP contribution < -0.4 is 0 Å². The monoisotopic (exact) mass is 375 g/mol. The second kappa shape index (κ2) is 6.71. The van der Waals surface area contributed by atoms with Gasteiger partial charge in [-0.2, -0.15) is 0 Å². The summed E-state index contributed by atoms with van der Waals surface area (Å²) in [7, 11) is 0. The summed E-state index contributed by atoms with van der Waals surface area (Å²) < 4.78 is 0. The first kappa shape index (κ1) is 17.2. The minimum atomic E-state index is 0.0280. The first-order valence-corrected chi connectivity index (χ1v) is 11.9.